The summed E-state index contributed by atoms with van der Waals surface area (Å²) in [5, 5.41) is 3.49. The molecular weight excluding hydrogens is 246 g/mol. The van der Waals surface area contributed by atoms with Crippen molar-refractivity contribution in [1.82, 2.24) is 5.32 Å². The van der Waals surface area contributed by atoms with E-state index in [-0.39, 0.29) is 5.25 Å². The summed E-state index contributed by atoms with van der Waals surface area (Å²) in [6.45, 7) is 10.1. The highest BCUT2D eigenvalue weighted by molar-refractivity contribution is 7.84. The van der Waals surface area contributed by atoms with E-state index in [2.05, 4.69) is 26.1 Å². The van der Waals surface area contributed by atoms with Gasteiger partial charge in [0.15, 0.2) is 0 Å². The Labute approximate surface area is 113 Å². The normalized spacial score (nSPS) is 14.9. The molecule has 0 aliphatic carbocycles. The van der Waals surface area contributed by atoms with Gasteiger partial charge in [-0.05, 0) is 31.0 Å². The molecule has 0 amide bonds. The molecule has 1 aromatic rings. The van der Waals surface area contributed by atoms with Gasteiger partial charge in [0.05, 0.1) is 12.3 Å². The second-order valence-corrected chi connectivity index (χ2v) is 6.81. The van der Waals surface area contributed by atoms with E-state index in [1.807, 2.05) is 19.1 Å². The van der Waals surface area contributed by atoms with Crippen LogP contribution in [-0.2, 0) is 23.1 Å². The lowest BCUT2D eigenvalue weighted by Crippen LogP contribution is -2.18. The Bertz CT molecular complexity index is 374. The lowest BCUT2D eigenvalue weighted by atomic mass is 10.2. The Balaban J connectivity index is 2.46. The lowest BCUT2D eigenvalue weighted by Gasteiger charge is -2.13. The zero-order chi connectivity index (χ0) is 13.5. The summed E-state index contributed by atoms with van der Waals surface area (Å²) in [4.78, 5) is 0. The standard InChI is InChI=1S/C14H25NO2S/c1-5-8-15-9-13-6-7-14(17-13)10-18(16)12(4)11(2)3/h6-7,11-12,15H,5,8-10H2,1-4H3. The SMILES string of the molecule is CCCNCc1ccc(CS(=O)C(C)C(C)C)o1. The Morgan fingerprint density at radius 2 is 1.94 bits per heavy atom. The monoisotopic (exact) mass is 271 g/mol. The van der Waals surface area contributed by atoms with E-state index >= 15 is 0 Å². The third kappa shape index (κ3) is 4.94. The van der Waals surface area contributed by atoms with Gasteiger partial charge in [-0.25, -0.2) is 0 Å². The molecule has 0 bridgehead atoms. The molecule has 4 heteroatoms. The van der Waals surface area contributed by atoms with Crippen LogP contribution in [-0.4, -0.2) is 16.0 Å². The number of hydrogen-bond donors (Lipinski definition) is 1. The Morgan fingerprint density at radius 3 is 2.56 bits per heavy atom. The van der Waals surface area contributed by atoms with E-state index in [1.54, 1.807) is 0 Å². The molecule has 0 spiro atoms. The molecule has 0 aliphatic rings. The van der Waals surface area contributed by atoms with Gasteiger partial charge in [0, 0.05) is 16.0 Å². The molecule has 1 rings (SSSR count). The van der Waals surface area contributed by atoms with E-state index in [0.29, 0.717) is 11.7 Å². The highest BCUT2D eigenvalue weighted by atomic mass is 32.2. The van der Waals surface area contributed by atoms with Crippen LogP contribution in [0.2, 0.25) is 0 Å². The maximum atomic E-state index is 12.1. The summed E-state index contributed by atoms with van der Waals surface area (Å²) in [7, 11) is -0.854. The van der Waals surface area contributed by atoms with Crippen LogP contribution in [0.3, 0.4) is 0 Å². The number of nitrogens with one attached hydrogen (secondary N) is 1. The molecule has 1 heterocycles. The first-order valence-corrected chi connectivity index (χ1v) is 8.08. The van der Waals surface area contributed by atoms with Crippen molar-refractivity contribution >= 4 is 10.8 Å². The molecule has 0 saturated heterocycles. The zero-order valence-corrected chi connectivity index (χ0v) is 12.7. The number of rotatable bonds is 8. The van der Waals surface area contributed by atoms with Gasteiger partial charge in [-0.15, -0.1) is 0 Å². The molecule has 1 N–H and O–H groups in total. The number of hydrogen-bond acceptors (Lipinski definition) is 3. The highest BCUT2D eigenvalue weighted by Gasteiger charge is 2.16. The fraction of sp³-hybridized carbons (Fsp3) is 0.714. The Morgan fingerprint density at radius 1 is 1.28 bits per heavy atom. The van der Waals surface area contributed by atoms with Gasteiger partial charge in [-0.2, -0.15) is 0 Å². The van der Waals surface area contributed by atoms with Crippen LogP contribution >= 0.6 is 0 Å². The first kappa shape index (κ1) is 15.4. The highest BCUT2D eigenvalue weighted by Crippen LogP contribution is 2.15. The Hall–Kier alpha value is -0.610. The van der Waals surface area contributed by atoms with E-state index in [0.717, 1.165) is 31.0 Å². The van der Waals surface area contributed by atoms with E-state index in [1.165, 1.54) is 0 Å². The molecule has 0 aliphatic heterocycles. The molecule has 0 saturated carbocycles. The van der Waals surface area contributed by atoms with Crippen molar-refractivity contribution in [3.05, 3.63) is 23.7 Å². The molecule has 104 valence electrons. The van der Waals surface area contributed by atoms with Crippen molar-refractivity contribution in [2.24, 2.45) is 5.92 Å². The van der Waals surface area contributed by atoms with Crippen LogP contribution in [0.15, 0.2) is 16.5 Å². The van der Waals surface area contributed by atoms with E-state index < -0.39 is 10.8 Å². The molecule has 1 aromatic heterocycles. The maximum absolute atomic E-state index is 12.1. The van der Waals surface area contributed by atoms with Gasteiger partial charge in [0.1, 0.15) is 11.5 Å². The topological polar surface area (TPSA) is 42.2 Å². The van der Waals surface area contributed by atoms with Crippen molar-refractivity contribution in [2.45, 2.75) is 51.7 Å². The van der Waals surface area contributed by atoms with Crippen molar-refractivity contribution in [2.75, 3.05) is 6.54 Å². The zero-order valence-electron chi connectivity index (χ0n) is 11.9. The van der Waals surface area contributed by atoms with Crippen LogP contribution < -0.4 is 5.32 Å². The molecule has 2 unspecified atom stereocenters. The van der Waals surface area contributed by atoms with Gasteiger partial charge >= 0.3 is 0 Å². The van der Waals surface area contributed by atoms with Gasteiger partial charge in [-0.3, -0.25) is 4.21 Å². The summed E-state index contributed by atoms with van der Waals surface area (Å²) in [6, 6.07) is 3.91. The average Bonchev–Trinajstić information content (AvgIpc) is 2.76. The molecule has 0 radical (unpaired) electrons. The first-order chi connectivity index (χ1) is 8.54. The van der Waals surface area contributed by atoms with Crippen molar-refractivity contribution in [3.63, 3.8) is 0 Å². The van der Waals surface area contributed by atoms with Crippen LogP contribution in [0.5, 0.6) is 0 Å². The maximum Gasteiger partial charge on any atom is 0.118 e. The molecule has 0 aromatic carbocycles. The fourth-order valence-corrected chi connectivity index (χ4v) is 2.86. The van der Waals surface area contributed by atoms with Gasteiger partial charge in [-0.1, -0.05) is 27.7 Å². The minimum atomic E-state index is -0.854. The molecule has 3 nitrogen and oxygen atoms in total. The third-order valence-corrected chi connectivity index (χ3v) is 5.02. The van der Waals surface area contributed by atoms with Gasteiger partial charge < -0.3 is 9.73 Å². The second kappa shape index (κ2) is 7.74. The summed E-state index contributed by atoms with van der Waals surface area (Å²) in [5.74, 6) is 2.71. The van der Waals surface area contributed by atoms with E-state index in [4.69, 9.17) is 4.42 Å². The largest absolute Gasteiger partial charge is 0.464 e. The smallest absolute Gasteiger partial charge is 0.118 e. The van der Waals surface area contributed by atoms with Gasteiger partial charge in [0.25, 0.3) is 0 Å². The Kier molecular flexibility index (Phi) is 6.65. The lowest BCUT2D eigenvalue weighted by molar-refractivity contribution is 0.457. The predicted octanol–water partition coefficient (Wildman–Crippen LogP) is 3.07. The second-order valence-electron chi connectivity index (χ2n) is 5.02. The van der Waals surface area contributed by atoms with Crippen molar-refractivity contribution < 1.29 is 8.63 Å². The van der Waals surface area contributed by atoms with Crippen molar-refractivity contribution in [1.29, 1.82) is 0 Å². The number of furan rings is 1. The predicted molar refractivity (Wildman–Crippen MR) is 76.9 cm³/mol. The van der Waals surface area contributed by atoms with Gasteiger partial charge in [0.2, 0.25) is 0 Å². The van der Waals surface area contributed by atoms with Crippen LogP contribution in [0.1, 0.15) is 45.6 Å². The summed E-state index contributed by atoms with van der Waals surface area (Å²) < 4.78 is 17.7. The van der Waals surface area contributed by atoms with Crippen LogP contribution in [0, 0.1) is 5.92 Å². The fourth-order valence-electron chi connectivity index (χ4n) is 1.56. The van der Waals surface area contributed by atoms with E-state index in [9.17, 15) is 4.21 Å². The minimum Gasteiger partial charge on any atom is -0.464 e. The average molecular weight is 271 g/mol. The summed E-state index contributed by atoms with van der Waals surface area (Å²) in [6.07, 6.45) is 1.11. The molecular formula is C14H25NO2S. The molecule has 18 heavy (non-hydrogen) atoms. The van der Waals surface area contributed by atoms with Crippen molar-refractivity contribution in [3.8, 4) is 0 Å². The van der Waals surface area contributed by atoms with Crippen LogP contribution in [0.25, 0.3) is 0 Å². The summed E-state index contributed by atoms with van der Waals surface area (Å²) in [5.41, 5.74) is 0. The van der Waals surface area contributed by atoms with Crippen LogP contribution in [0.4, 0.5) is 0 Å². The molecule has 0 fully saturated rings. The first-order valence-electron chi connectivity index (χ1n) is 6.70. The summed E-state index contributed by atoms with van der Waals surface area (Å²) >= 11 is 0. The quantitative estimate of drug-likeness (QED) is 0.739. The minimum absolute atomic E-state index is 0.205. The third-order valence-electron chi connectivity index (χ3n) is 3.08. The molecule has 2 atom stereocenters.